The average molecular weight is 424 g/mol. The van der Waals surface area contributed by atoms with Gasteiger partial charge >= 0.3 is 6.18 Å². The molecule has 1 aliphatic rings. The van der Waals surface area contributed by atoms with Gasteiger partial charge in [0.05, 0.1) is 11.6 Å². The van der Waals surface area contributed by atoms with E-state index >= 15 is 0 Å². The molecule has 0 unspecified atom stereocenters. The van der Waals surface area contributed by atoms with Crippen LogP contribution < -0.4 is 16.8 Å². The summed E-state index contributed by atoms with van der Waals surface area (Å²) in [6, 6.07) is 4.97. The fraction of sp³-hybridized carbons (Fsp3) is 0.500. The van der Waals surface area contributed by atoms with Gasteiger partial charge in [-0.15, -0.1) is 0 Å². The zero-order valence-electron chi connectivity index (χ0n) is 17.0. The predicted molar refractivity (Wildman–Crippen MR) is 108 cm³/mol. The molecule has 1 amide bonds. The van der Waals surface area contributed by atoms with Crippen molar-refractivity contribution in [1.82, 2.24) is 14.7 Å². The molecule has 2 aromatic rings. The van der Waals surface area contributed by atoms with Crippen LogP contribution in [0.2, 0.25) is 0 Å². The van der Waals surface area contributed by atoms with E-state index in [1.165, 1.54) is 12.1 Å². The molecule has 5 N–H and O–H groups in total. The van der Waals surface area contributed by atoms with Gasteiger partial charge in [-0.3, -0.25) is 9.48 Å². The second-order valence-corrected chi connectivity index (χ2v) is 7.93. The normalized spacial score (nSPS) is 22.3. The van der Waals surface area contributed by atoms with Crippen molar-refractivity contribution in [2.75, 3.05) is 26.0 Å². The van der Waals surface area contributed by atoms with E-state index < -0.39 is 17.6 Å². The number of amides is 1. The van der Waals surface area contributed by atoms with Crippen molar-refractivity contribution in [3.05, 3.63) is 41.6 Å². The van der Waals surface area contributed by atoms with E-state index in [1.807, 2.05) is 14.1 Å². The van der Waals surface area contributed by atoms with Gasteiger partial charge in [-0.05, 0) is 70.1 Å². The SMILES string of the molecule is CN(C)[C@H]1CC[C@H](n2cc(C(N)=O)c(Nc3ccc(C(F)(F)F)cc3)n2)[C@@H](CN)C1. The first kappa shape index (κ1) is 22.1. The van der Waals surface area contributed by atoms with Gasteiger partial charge in [-0.2, -0.15) is 18.3 Å². The van der Waals surface area contributed by atoms with E-state index in [2.05, 4.69) is 15.3 Å². The highest BCUT2D eigenvalue weighted by molar-refractivity contribution is 5.98. The van der Waals surface area contributed by atoms with Crippen molar-refractivity contribution in [1.29, 1.82) is 0 Å². The fourth-order valence-electron chi connectivity index (χ4n) is 4.01. The number of nitrogens with zero attached hydrogens (tertiary/aromatic N) is 3. The van der Waals surface area contributed by atoms with Crippen molar-refractivity contribution in [2.24, 2.45) is 17.4 Å². The molecule has 1 fully saturated rings. The second kappa shape index (κ2) is 8.65. The summed E-state index contributed by atoms with van der Waals surface area (Å²) in [5, 5.41) is 7.42. The highest BCUT2D eigenvalue weighted by Gasteiger charge is 2.33. The summed E-state index contributed by atoms with van der Waals surface area (Å²) in [5.41, 5.74) is 11.3. The van der Waals surface area contributed by atoms with Crippen LogP contribution in [0.4, 0.5) is 24.7 Å². The molecule has 3 atom stereocenters. The van der Waals surface area contributed by atoms with Crippen LogP contribution in [0.15, 0.2) is 30.5 Å². The Hall–Kier alpha value is -2.59. The number of anilines is 2. The molecule has 30 heavy (non-hydrogen) atoms. The molecule has 10 heteroatoms. The standard InChI is InChI=1S/C20H27F3N6O/c1-28(2)15-7-8-17(12(9-15)10-24)29-11-16(18(25)30)19(27-29)26-14-5-3-13(4-6-14)20(21,22)23/h3-6,11-12,15,17H,7-10,24H2,1-2H3,(H2,25,30)(H,26,27)/t12-,15+,17+/m1/s1. The summed E-state index contributed by atoms with van der Waals surface area (Å²) in [4.78, 5) is 14.1. The molecule has 1 aromatic carbocycles. The van der Waals surface area contributed by atoms with Crippen molar-refractivity contribution in [2.45, 2.75) is 37.5 Å². The molecular weight excluding hydrogens is 397 g/mol. The minimum Gasteiger partial charge on any atom is -0.365 e. The lowest BCUT2D eigenvalue weighted by molar-refractivity contribution is -0.137. The maximum absolute atomic E-state index is 12.8. The lowest BCUT2D eigenvalue weighted by atomic mass is 9.81. The molecule has 0 bridgehead atoms. The quantitative estimate of drug-likeness (QED) is 0.662. The fourth-order valence-corrected chi connectivity index (χ4v) is 4.01. The number of aromatic nitrogens is 2. The first-order valence-corrected chi connectivity index (χ1v) is 9.80. The topological polar surface area (TPSA) is 102 Å². The highest BCUT2D eigenvalue weighted by atomic mass is 19.4. The Bertz CT molecular complexity index is 878. The smallest absolute Gasteiger partial charge is 0.365 e. The number of nitrogens with one attached hydrogen (secondary N) is 1. The number of rotatable bonds is 6. The van der Waals surface area contributed by atoms with Gasteiger partial charge in [-0.1, -0.05) is 0 Å². The summed E-state index contributed by atoms with van der Waals surface area (Å²) in [6.07, 6.45) is -0.0767. The van der Waals surface area contributed by atoms with Gasteiger partial charge in [0.15, 0.2) is 5.82 Å². The number of alkyl halides is 3. The van der Waals surface area contributed by atoms with Crippen molar-refractivity contribution < 1.29 is 18.0 Å². The van der Waals surface area contributed by atoms with Gasteiger partial charge in [0.1, 0.15) is 5.56 Å². The number of benzene rings is 1. The summed E-state index contributed by atoms with van der Waals surface area (Å²) in [6.45, 7) is 0.489. The van der Waals surface area contributed by atoms with Gasteiger partial charge in [-0.25, -0.2) is 0 Å². The van der Waals surface area contributed by atoms with Crippen LogP contribution in [-0.2, 0) is 6.18 Å². The number of carbonyl (C=O) groups excluding carboxylic acids is 1. The minimum absolute atomic E-state index is 0.0208. The Morgan fingerprint density at radius 3 is 2.47 bits per heavy atom. The summed E-state index contributed by atoms with van der Waals surface area (Å²) in [7, 11) is 4.09. The predicted octanol–water partition coefficient (Wildman–Crippen LogP) is 2.97. The molecule has 0 aliphatic heterocycles. The molecule has 164 valence electrons. The molecule has 0 radical (unpaired) electrons. The number of primary amides is 1. The number of hydrogen-bond donors (Lipinski definition) is 3. The van der Waals surface area contributed by atoms with Crippen LogP contribution in [0, 0.1) is 5.92 Å². The summed E-state index contributed by atoms with van der Waals surface area (Å²) >= 11 is 0. The third-order valence-electron chi connectivity index (χ3n) is 5.76. The van der Waals surface area contributed by atoms with Gasteiger partial charge in [0, 0.05) is 17.9 Å². The highest BCUT2D eigenvalue weighted by Crippen LogP contribution is 2.36. The first-order chi connectivity index (χ1) is 14.1. The van der Waals surface area contributed by atoms with E-state index in [0.29, 0.717) is 18.3 Å². The van der Waals surface area contributed by atoms with E-state index in [4.69, 9.17) is 11.5 Å². The third-order valence-corrected chi connectivity index (χ3v) is 5.76. The first-order valence-electron chi connectivity index (χ1n) is 9.80. The van der Waals surface area contributed by atoms with Crippen molar-refractivity contribution in [3.8, 4) is 0 Å². The largest absolute Gasteiger partial charge is 0.416 e. The molecule has 1 heterocycles. The number of carbonyl (C=O) groups is 1. The minimum atomic E-state index is -4.42. The molecular formula is C20H27F3N6O. The Labute approximate surface area is 173 Å². The van der Waals surface area contributed by atoms with Crippen LogP contribution in [-0.4, -0.2) is 47.3 Å². The van der Waals surface area contributed by atoms with Crippen molar-refractivity contribution >= 4 is 17.4 Å². The maximum Gasteiger partial charge on any atom is 0.416 e. The van der Waals surface area contributed by atoms with E-state index in [9.17, 15) is 18.0 Å². The van der Waals surface area contributed by atoms with Crippen molar-refractivity contribution in [3.63, 3.8) is 0 Å². The van der Waals surface area contributed by atoms with E-state index in [0.717, 1.165) is 31.4 Å². The molecule has 7 nitrogen and oxygen atoms in total. The Morgan fingerprint density at radius 1 is 1.27 bits per heavy atom. The molecule has 1 aliphatic carbocycles. The van der Waals surface area contributed by atoms with Crippen LogP contribution >= 0.6 is 0 Å². The molecule has 1 saturated carbocycles. The van der Waals surface area contributed by atoms with E-state index in [1.54, 1.807) is 10.9 Å². The lowest BCUT2D eigenvalue weighted by Gasteiger charge is -2.38. The lowest BCUT2D eigenvalue weighted by Crippen LogP contribution is -2.40. The second-order valence-electron chi connectivity index (χ2n) is 7.93. The Kier molecular flexibility index (Phi) is 6.37. The monoisotopic (exact) mass is 424 g/mol. The van der Waals surface area contributed by atoms with E-state index in [-0.39, 0.29) is 23.3 Å². The van der Waals surface area contributed by atoms with Crippen LogP contribution in [0.25, 0.3) is 0 Å². The summed E-state index contributed by atoms with van der Waals surface area (Å²) < 4.78 is 40.0. The molecule has 1 aromatic heterocycles. The van der Waals surface area contributed by atoms with Crippen LogP contribution in [0.1, 0.15) is 41.2 Å². The van der Waals surface area contributed by atoms with Crippen LogP contribution in [0.5, 0.6) is 0 Å². The third kappa shape index (κ3) is 4.76. The van der Waals surface area contributed by atoms with Gasteiger partial charge in [0.25, 0.3) is 5.91 Å². The number of nitrogens with two attached hydrogens (primary N) is 2. The average Bonchev–Trinajstić information content (AvgIpc) is 3.11. The van der Waals surface area contributed by atoms with Gasteiger partial charge < -0.3 is 21.7 Å². The molecule has 0 spiro atoms. The number of hydrogen-bond acceptors (Lipinski definition) is 5. The zero-order chi connectivity index (χ0) is 22.1. The number of halogens is 3. The Balaban J connectivity index is 1.84. The molecule has 0 saturated heterocycles. The van der Waals surface area contributed by atoms with Gasteiger partial charge in [0.2, 0.25) is 0 Å². The molecule has 3 rings (SSSR count). The maximum atomic E-state index is 12.8. The summed E-state index contributed by atoms with van der Waals surface area (Å²) in [5.74, 6) is -0.264. The van der Waals surface area contributed by atoms with Crippen LogP contribution in [0.3, 0.4) is 0 Å². The Morgan fingerprint density at radius 2 is 1.93 bits per heavy atom. The zero-order valence-corrected chi connectivity index (χ0v) is 17.0.